The van der Waals surface area contributed by atoms with Gasteiger partial charge in [-0.1, -0.05) is 50.6 Å². The van der Waals surface area contributed by atoms with Crippen LogP contribution in [0.4, 0.5) is 0 Å². The molecule has 3 N–H and O–H groups in total. The number of methoxy groups -OCH3 is 1. The predicted molar refractivity (Wildman–Crippen MR) is 160 cm³/mol. The third-order valence-corrected chi connectivity index (χ3v) is 8.53. The van der Waals surface area contributed by atoms with E-state index in [4.69, 9.17) is 9.47 Å². The molecule has 0 aromatic heterocycles. The lowest BCUT2D eigenvalue weighted by Crippen LogP contribution is -2.41. The van der Waals surface area contributed by atoms with Crippen LogP contribution < -0.4 is 10.6 Å². The molecule has 42 heavy (non-hydrogen) atoms. The van der Waals surface area contributed by atoms with Gasteiger partial charge in [0.25, 0.3) is 0 Å². The standard InChI is InChI=1S/C33H46N2O7/c1-8-11-34-30-25-12-18(2)13-29(41-7)31(38)20(4)14-19(3)24(15-21(5)36)28-10-9-23(17-42-28)22(6)33(40)35-26(32(25)39)16-27(30)37/h8-10,14,16,18,20,22-24,28-29,31,34,38H,1,11-13,15,17H2,2-7H3,(H,35,40)/b19-14+/t18?,20-,22?,23?,24-,28-,29-,31+/m0/s1. The highest BCUT2D eigenvalue weighted by Crippen LogP contribution is 2.32. The minimum Gasteiger partial charge on any atom is -0.390 e. The summed E-state index contributed by atoms with van der Waals surface area (Å²) in [6.45, 7) is 13.3. The molecule has 0 fully saturated rings. The lowest BCUT2D eigenvalue weighted by atomic mass is 9.83. The summed E-state index contributed by atoms with van der Waals surface area (Å²) in [6.07, 6.45) is 7.74. The van der Waals surface area contributed by atoms with E-state index in [9.17, 15) is 24.3 Å². The van der Waals surface area contributed by atoms with Crippen molar-refractivity contribution >= 4 is 23.3 Å². The first-order valence-corrected chi connectivity index (χ1v) is 14.8. The van der Waals surface area contributed by atoms with E-state index in [1.165, 1.54) is 13.2 Å². The number of fused-ring (bicyclic) bond motifs is 10. The summed E-state index contributed by atoms with van der Waals surface area (Å²) in [5, 5.41) is 17.0. The topological polar surface area (TPSA) is 131 Å². The molecule has 3 unspecified atom stereocenters. The Bertz CT molecular complexity index is 1200. The maximum atomic E-state index is 13.7. The van der Waals surface area contributed by atoms with E-state index in [0.717, 1.165) is 5.57 Å². The van der Waals surface area contributed by atoms with Gasteiger partial charge in [-0.3, -0.25) is 14.4 Å². The number of aliphatic hydroxyl groups excluding tert-OH is 1. The summed E-state index contributed by atoms with van der Waals surface area (Å²) in [5.41, 5.74) is 1.35. The molecule has 0 radical (unpaired) electrons. The smallest absolute Gasteiger partial charge is 0.227 e. The average Bonchev–Trinajstić information content (AvgIpc) is 2.95. The second kappa shape index (κ2) is 14.8. The monoisotopic (exact) mass is 582 g/mol. The first-order chi connectivity index (χ1) is 19.9. The molecule has 0 saturated carbocycles. The lowest BCUT2D eigenvalue weighted by Gasteiger charge is -2.33. The number of amides is 1. The molecule has 4 bridgehead atoms. The highest BCUT2D eigenvalue weighted by atomic mass is 16.5. The fraction of sp³-hybridized carbons (Fsp3) is 0.576. The van der Waals surface area contributed by atoms with Gasteiger partial charge in [0.05, 0.1) is 36.3 Å². The summed E-state index contributed by atoms with van der Waals surface area (Å²) in [6, 6.07) is 0. The molecule has 1 amide bonds. The van der Waals surface area contributed by atoms with Gasteiger partial charge >= 0.3 is 0 Å². The molecule has 9 nitrogen and oxygen atoms in total. The summed E-state index contributed by atoms with van der Waals surface area (Å²) in [7, 11) is 1.54. The third-order valence-electron chi connectivity index (χ3n) is 8.53. The van der Waals surface area contributed by atoms with Crippen molar-refractivity contribution in [1.29, 1.82) is 0 Å². The molecule has 9 heteroatoms. The van der Waals surface area contributed by atoms with Crippen molar-refractivity contribution in [1.82, 2.24) is 10.6 Å². The Kier molecular flexibility index (Phi) is 11.8. The quantitative estimate of drug-likeness (QED) is 0.321. The fourth-order valence-corrected chi connectivity index (χ4v) is 5.96. The number of carbonyl (C=O) groups is 4. The van der Waals surface area contributed by atoms with Crippen LogP contribution in [-0.4, -0.2) is 66.9 Å². The van der Waals surface area contributed by atoms with Crippen molar-refractivity contribution in [2.45, 2.75) is 72.2 Å². The Morgan fingerprint density at radius 2 is 1.95 bits per heavy atom. The Hall–Kier alpha value is -3.14. The van der Waals surface area contributed by atoms with Gasteiger partial charge in [-0.25, -0.2) is 0 Å². The Morgan fingerprint density at radius 3 is 2.55 bits per heavy atom. The minimum absolute atomic E-state index is 0.0321. The van der Waals surface area contributed by atoms with E-state index in [2.05, 4.69) is 17.2 Å². The van der Waals surface area contributed by atoms with Crippen molar-refractivity contribution < 1.29 is 33.8 Å². The molecule has 8 atom stereocenters. The maximum Gasteiger partial charge on any atom is 0.227 e. The number of hydrogen-bond acceptors (Lipinski definition) is 8. The van der Waals surface area contributed by atoms with Crippen molar-refractivity contribution in [3.63, 3.8) is 0 Å². The van der Waals surface area contributed by atoms with Gasteiger partial charge < -0.3 is 30.0 Å². The molecule has 3 aliphatic heterocycles. The van der Waals surface area contributed by atoms with Crippen LogP contribution >= 0.6 is 0 Å². The number of ether oxygens (including phenoxy) is 2. The van der Waals surface area contributed by atoms with Gasteiger partial charge in [0.15, 0.2) is 0 Å². The lowest BCUT2D eigenvalue weighted by molar-refractivity contribution is -0.127. The number of carbonyl (C=O) groups excluding carboxylic acids is 4. The van der Waals surface area contributed by atoms with Gasteiger partial charge in [0.2, 0.25) is 17.5 Å². The van der Waals surface area contributed by atoms with Crippen LogP contribution in [0, 0.1) is 29.6 Å². The highest BCUT2D eigenvalue weighted by molar-refractivity contribution is 6.23. The Balaban J connectivity index is 2.05. The van der Waals surface area contributed by atoms with Crippen LogP contribution in [0.15, 0.2) is 59.5 Å². The van der Waals surface area contributed by atoms with Crippen LogP contribution in [-0.2, 0) is 28.7 Å². The van der Waals surface area contributed by atoms with Gasteiger partial charge in [-0.05, 0) is 32.6 Å². The fourth-order valence-electron chi connectivity index (χ4n) is 5.96. The zero-order chi connectivity index (χ0) is 31.1. The van der Waals surface area contributed by atoms with Gasteiger partial charge in [0, 0.05) is 55.4 Å². The first kappa shape index (κ1) is 33.4. The Labute approximate surface area is 249 Å². The van der Waals surface area contributed by atoms with Crippen LogP contribution in [0.1, 0.15) is 53.9 Å². The van der Waals surface area contributed by atoms with Gasteiger partial charge in [-0.15, -0.1) is 6.58 Å². The van der Waals surface area contributed by atoms with Crippen LogP contribution in [0.3, 0.4) is 0 Å². The van der Waals surface area contributed by atoms with E-state index in [-0.39, 0.29) is 77.9 Å². The zero-order valence-corrected chi connectivity index (χ0v) is 25.6. The minimum atomic E-state index is -0.855. The second-order valence-electron chi connectivity index (χ2n) is 12.0. The molecule has 0 saturated heterocycles. The van der Waals surface area contributed by atoms with E-state index < -0.39 is 29.7 Å². The van der Waals surface area contributed by atoms with Crippen molar-refractivity contribution in [3.05, 3.63) is 59.5 Å². The number of nitrogens with one attached hydrogen (secondary N) is 2. The number of ketones is 3. The van der Waals surface area contributed by atoms with E-state index >= 15 is 0 Å². The molecular weight excluding hydrogens is 536 g/mol. The van der Waals surface area contributed by atoms with Crippen molar-refractivity contribution in [2.24, 2.45) is 29.6 Å². The largest absolute Gasteiger partial charge is 0.390 e. The summed E-state index contributed by atoms with van der Waals surface area (Å²) >= 11 is 0. The summed E-state index contributed by atoms with van der Waals surface area (Å²) < 4.78 is 11.9. The average molecular weight is 583 g/mol. The Morgan fingerprint density at radius 1 is 1.24 bits per heavy atom. The summed E-state index contributed by atoms with van der Waals surface area (Å²) in [4.78, 5) is 52.3. The molecule has 0 aromatic rings. The normalized spacial score (nSPS) is 34.4. The van der Waals surface area contributed by atoms with Crippen molar-refractivity contribution in [2.75, 3.05) is 20.3 Å². The van der Waals surface area contributed by atoms with E-state index in [1.54, 1.807) is 19.9 Å². The molecular formula is C33H46N2O7. The van der Waals surface area contributed by atoms with Gasteiger partial charge in [-0.2, -0.15) is 0 Å². The number of allylic oxidation sites excluding steroid dienone is 2. The molecule has 0 spiro atoms. The molecule has 230 valence electrons. The third kappa shape index (κ3) is 8.02. The number of aliphatic hydroxyl groups is 1. The second-order valence-corrected chi connectivity index (χ2v) is 12.0. The SMILES string of the molecule is C=CCNC1=C2CC(C)C[C@H](OC)[C@H](O)[C@@H](C)/C=C(\C)[C@H](CC(C)=O)[C@@H]3C=CC(CO3)C(C)C(=O)NC(=CC1=O)C2=O. The number of rotatable bonds is 6. The van der Waals surface area contributed by atoms with Crippen LogP contribution in [0.2, 0.25) is 0 Å². The molecule has 4 aliphatic rings. The van der Waals surface area contributed by atoms with E-state index in [0.29, 0.717) is 13.0 Å². The highest BCUT2D eigenvalue weighted by Gasteiger charge is 2.36. The van der Waals surface area contributed by atoms with Crippen molar-refractivity contribution in [3.8, 4) is 0 Å². The first-order valence-electron chi connectivity index (χ1n) is 14.8. The van der Waals surface area contributed by atoms with Crippen LogP contribution in [0.25, 0.3) is 0 Å². The van der Waals surface area contributed by atoms with Gasteiger partial charge in [0.1, 0.15) is 5.78 Å². The maximum absolute atomic E-state index is 13.7. The molecule has 3 heterocycles. The number of Topliss-reactive ketones (excluding diaryl/α,β-unsaturated/α-hetero) is 2. The number of hydrogen-bond donors (Lipinski definition) is 3. The van der Waals surface area contributed by atoms with E-state index in [1.807, 2.05) is 39.0 Å². The molecule has 4 rings (SSSR count). The zero-order valence-electron chi connectivity index (χ0n) is 25.6. The molecule has 0 aromatic carbocycles. The summed E-state index contributed by atoms with van der Waals surface area (Å²) in [5.74, 6) is -2.64. The van der Waals surface area contributed by atoms with Crippen LogP contribution in [0.5, 0.6) is 0 Å². The predicted octanol–water partition coefficient (Wildman–Crippen LogP) is 3.36. The molecule has 1 aliphatic carbocycles.